The SMILES string of the molecule is Cc1c(Cl)cccc1N=c1scc(-c2cccs2)n1N=Cc1ccc[nH]1. The lowest BCUT2D eigenvalue weighted by atomic mass is 10.2. The second kappa shape index (κ2) is 7.45. The lowest BCUT2D eigenvalue weighted by Gasteiger charge is -2.03. The van der Waals surface area contributed by atoms with Crippen LogP contribution in [0, 0.1) is 6.92 Å². The summed E-state index contributed by atoms with van der Waals surface area (Å²) in [5.74, 6) is 0. The Bertz CT molecular complexity index is 1100. The summed E-state index contributed by atoms with van der Waals surface area (Å²) in [6.45, 7) is 1.97. The van der Waals surface area contributed by atoms with Gasteiger partial charge in [-0.15, -0.1) is 22.7 Å². The largest absolute Gasteiger partial charge is 0.360 e. The maximum absolute atomic E-state index is 6.24. The van der Waals surface area contributed by atoms with Crippen LogP contribution in [0.15, 0.2) is 69.5 Å². The highest BCUT2D eigenvalue weighted by Gasteiger charge is 2.09. The van der Waals surface area contributed by atoms with Crippen molar-refractivity contribution in [1.82, 2.24) is 9.66 Å². The zero-order valence-corrected chi connectivity index (χ0v) is 16.3. The van der Waals surface area contributed by atoms with E-state index in [2.05, 4.69) is 26.9 Å². The summed E-state index contributed by atoms with van der Waals surface area (Å²) in [6.07, 6.45) is 3.67. The molecule has 0 amide bonds. The van der Waals surface area contributed by atoms with Gasteiger partial charge >= 0.3 is 0 Å². The van der Waals surface area contributed by atoms with Crippen molar-refractivity contribution in [1.29, 1.82) is 0 Å². The molecule has 4 rings (SSSR count). The number of thiophene rings is 1. The first-order valence-electron chi connectivity index (χ1n) is 7.94. The predicted molar refractivity (Wildman–Crippen MR) is 111 cm³/mol. The molecule has 0 spiro atoms. The number of thiazole rings is 1. The molecule has 0 unspecified atom stereocenters. The maximum Gasteiger partial charge on any atom is 0.211 e. The van der Waals surface area contributed by atoms with Crippen molar-refractivity contribution in [2.24, 2.45) is 10.1 Å². The van der Waals surface area contributed by atoms with Crippen LogP contribution in [0.25, 0.3) is 10.6 Å². The molecule has 3 aromatic heterocycles. The van der Waals surface area contributed by atoms with Gasteiger partial charge in [-0.3, -0.25) is 0 Å². The second-order valence-electron chi connectivity index (χ2n) is 5.56. The molecule has 0 atom stereocenters. The fourth-order valence-electron chi connectivity index (χ4n) is 2.45. The molecule has 0 fully saturated rings. The quantitative estimate of drug-likeness (QED) is 0.430. The van der Waals surface area contributed by atoms with Crippen LogP contribution < -0.4 is 4.80 Å². The number of benzene rings is 1. The van der Waals surface area contributed by atoms with Gasteiger partial charge in [-0.1, -0.05) is 23.7 Å². The first-order chi connectivity index (χ1) is 12.7. The van der Waals surface area contributed by atoms with E-state index in [0.29, 0.717) is 5.02 Å². The molecule has 0 saturated carbocycles. The summed E-state index contributed by atoms with van der Waals surface area (Å²) in [7, 11) is 0. The molecule has 130 valence electrons. The van der Waals surface area contributed by atoms with Gasteiger partial charge in [0.1, 0.15) is 0 Å². The molecule has 0 radical (unpaired) electrons. The van der Waals surface area contributed by atoms with Gasteiger partial charge in [-0.25, -0.2) is 9.67 Å². The van der Waals surface area contributed by atoms with E-state index in [1.807, 2.05) is 54.2 Å². The molecule has 7 heteroatoms. The van der Waals surface area contributed by atoms with Gasteiger partial charge in [0.2, 0.25) is 4.80 Å². The average molecular weight is 399 g/mol. The number of halogens is 1. The van der Waals surface area contributed by atoms with Crippen LogP contribution >= 0.6 is 34.3 Å². The standard InChI is InChI=1S/C19H15ClN4S2/c1-13-15(20)6-2-7-16(13)23-19-24(22-11-14-5-3-9-21-14)17(12-26-19)18-8-4-10-25-18/h2-12,21H,1H3. The van der Waals surface area contributed by atoms with Crippen molar-refractivity contribution in [3.05, 3.63) is 80.5 Å². The molecule has 4 nitrogen and oxygen atoms in total. The zero-order valence-electron chi connectivity index (χ0n) is 13.9. The molecule has 4 aromatic rings. The summed E-state index contributed by atoms with van der Waals surface area (Å²) >= 11 is 9.48. The van der Waals surface area contributed by atoms with E-state index in [1.54, 1.807) is 28.9 Å². The fourth-order valence-corrected chi connectivity index (χ4v) is 4.26. The van der Waals surface area contributed by atoms with Gasteiger partial charge in [0.15, 0.2) is 0 Å². The molecule has 1 aromatic carbocycles. The molecule has 0 aliphatic rings. The Kier molecular flexibility index (Phi) is 4.88. The van der Waals surface area contributed by atoms with Crippen LogP contribution in [-0.4, -0.2) is 15.9 Å². The van der Waals surface area contributed by atoms with E-state index in [1.165, 1.54) is 0 Å². The molecule has 3 heterocycles. The Balaban J connectivity index is 1.87. The Morgan fingerprint density at radius 2 is 2.04 bits per heavy atom. The Morgan fingerprint density at radius 1 is 1.12 bits per heavy atom. The second-order valence-corrected chi connectivity index (χ2v) is 7.75. The van der Waals surface area contributed by atoms with Crippen LogP contribution in [0.4, 0.5) is 5.69 Å². The lowest BCUT2D eigenvalue weighted by Crippen LogP contribution is -2.11. The van der Waals surface area contributed by atoms with E-state index in [-0.39, 0.29) is 0 Å². The Labute approximate surface area is 163 Å². The van der Waals surface area contributed by atoms with Crippen molar-refractivity contribution in [2.75, 3.05) is 0 Å². The highest BCUT2D eigenvalue weighted by atomic mass is 35.5. The molecule has 0 bridgehead atoms. The monoisotopic (exact) mass is 398 g/mol. The number of hydrogen-bond acceptors (Lipinski definition) is 4. The number of rotatable bonds is 4. The smallest absolute Gasteiger partial charge is 0.211 e. The van der Waals surface area contributed by atoms with Crippen LogP contribution in [0.1, 0.15) is 11.3 Å². The van der Waals surface area contributed by atoms with Crippen LogP contribution in [0.5, 0.6) is 0 Å². The van der Waals surface area contributed by atoms with Crippen LogP contribution in [0.2, 0.25) is 5.02 Å². The molecule has 1 N–H and O–H groups in total. The summed E-state index contributed by atoms with van der Waals surface area (Å²) in [5.41, 5.74) is 3.76. The van der Waals surface area contributed by atoms with E-state index in [0.717, 1.165) is 32.3 Å². The van der Waals surface area contributed by atoms with Crippen molar-refractivity contribution in [2.45, 2.75) is 6.92 Å². The summed E-state index contributed by atoms with van der Waals surface area (Å²) in [4.78, 5) is 9.88. The first kappa shape index (κ1) is 17.0. The minimum absolute atomic E-state index is 0.711. The molecular formula is C19H15ClN4S2. The van der Waals surface area contributed by atoms with Gasteiger partial charge in [-0.05, 0) is 48.2 Å². The number of aromatic nitrogens is 2. The van der Waals surface area contributed by atoms with E-state index >= 15 is 0 Å². The number of H-pyrrole nitrogens is 1. The van der Waals surface area contributed by atoms with Crippen LogP contribution in [0.3, 0.4) is 0 Å². The molecule has 0 aliphatic carbocycles. The minimum atomic E-state index is 0.711. The number of nitrogens with one attached hydrogen (secondary N) is 1. The van der Waals surface area contributed by atoms with Crippen molar-refractivity contribution in [3.63, 3.8) is 0 Å². The van der Waals surface area contributed by atoms with Gasteiger partial charge < -0.3 is 4.98 Å². The highest BCUT2D eigenvalue weighted by molar-refractivity contribution is 7.14. The predicted octanol–water partition coefficient (Wildman–Crippen LogP) is 5.68. The van der Waals surface area contributed by atoms with Crippen molar-refractivity contribution >= 4 is 46.2 Å². The Hall–Kier alpha value is -2.41. The van der Waals surface area contributed by atoms with E-state index in [9.17, 15) is 0 Å². The third-order valence-electron chi connectivity index (χ3n) is 3.85. The zero-order chi connectivity index (χ0) is 17.9. The number of nitrogens with zero attached hydrogens (tertiary/aromatic N) is 3. The minimum Gasteiger partial charge on any atom is -0.360 e. The summed E-state index contributed by atoms with van der Waals surface area (Å²) < 4.78 is 1.87. The van der Waals surface area contributed by atoms with Crippen LogP contribution in [-0.2, 0) is 0 Å². The normalized spacial score (nSPS) is 12.3. The fraction of sp³-hybridized carbons (Fsp3) is 0.0526. The maximum atomic E-state index is 6.24. The van der Waals surface area contributed by atoms with E-state index < -0.39 is 0 Å². The number of hydrogen-bond donors (Lipinski definition) is 1. The molecule has 0 saturated heterocycles. The molecular weight excluding hydrogens is 384 g/mol. The third-order valence-corrected chi connectivity index (χ3v) is 5.97. The average Bonchev–Trinajstić information content (AvgIpc) is 3.38. The Morgan fingerprint density at radius 3 is 2.81 bits per heavy atom. The van der Waals surface area contributed by atoms with Gasteiger partial charge in [-0.2, -0.15) is 5.10 Å². The summed E-state index contributed by atoms with van der Waals surface area (Å²) in [6, 6.07) is 13.8. The molecule has 26 heavy (non-hydrogen) atoms. The van der Waals surface area contributed by atoms with Gasteiger partial charge in [0.05, 0.1) is 28.2 Å². The lowest BCUT2D eigenvalue weighted by molar-refractivity contribution is 0.855. The van der Waals surface area contributed by atoms with Gasteiger partial charge in [0.25, 0.3) is 0 Å². The van der Waals surface area contributed by atoms with Crippen molar-refractivity contribution < 1.29 is 0 Å². The summed E-state index contributed by atoms with van der Waals surface area (Å²) in [5, 5.41) is 9.51. The van der Waals surface area contributed by atoms with Gasteiger partial charge in [0, 0.05) is 16.6 Å². The topological polar surface area (TPSA) is 45.4 Å². The third kappa shape index (κ3) is 3.44. The van der Waals surface area contributed by atoms with Crippen molar-refractivity contribution in [3.8, 4) is 10.6 Å². The number of aromatic amines is 1. The molecule has 0 aliphatic heterocycles. The van der Waals surface area contributed by atoms with E-state index in [4.69, 9.17) is 16.6 Å². The first-order valence-corrected chi connectivity index (χ1v) is 10.1. The highest BCUT2D eigenvalue weighted by Crippen LogP contribution is 2.27.